The number of furan rings is 3. The molecule has 6 heteroatoms. The summed E-state index contributed by atoms with van der Waals surface area (Å²) in [6.45, 7) is 0. The van der Waals surface area contributed by atoms with E-state index in [0.29, 0.717) is 5.71 Å². The molecule has 0 saturated carbocycles. The Hall–Kier alpha value is -7.18. The van der Waals surface area contributed by atoms with Crippen molar-refractivity contribution in [1.82, 2.24) is 9.97 Å². The quantitative estimate of drug-likeness (QED) is 0.182. The fraction of sp³-hybridized carbons (Fsp3) is 0. The molecule has 0 N–H and O–H groups in total. The summed E-state index contributed by atoms with van der Waals surface area (Å²) >= 11 is 0. The van der Waals surface area contributed by atoms with Gasteiger partial charge in [0.25, 0.3) is 0 Å². The molecule has 6 nitrogen and oxygen atoms in total. The summed E-state index contributed by atoms with van der Waals surface area (Å²) in [6, 6.07) is 50.4. The van der Waals surface area contributed by atoms with Crippen molar-refractivity contribution in [2.24, 2.45) is 0 Å². The average molecular weight is 670 g/mol. The predicted octanol–water partition coefficient (Wildman–Crippen LogP) is 13.0. The largest absolute Gasteiger partial charge is 0.456 e. The van der Waals surface area contributed by atoms with Gasteiger partial charge in [-0.25, -0.2) is 4.98 Å². The molecule has 5 heterocycles. The first-order chi connectivity index (χ1) is 25.8. The number of hydrogen-bond acceptors (Lipinski definition) is 6. The van der Waals surface area contributed by atoms with Gasteiger partial charge in [-0.05, 0) is 77.9 Å². The molecule has 244 valence electrons. The van der Waals surface area contributed by atoms with Gasteiger partial charge in [-0.15, -0.1) is 0 Å². The topological polar surface area (TPSA) is 68.4 Å². The van der Waals surface area contributed by atoms with Crippen LogP contribution in [0.25, 0.3) is 88.2 Å². The van der Waals surface area contributed by atoms with Crippen LogP contribution in [-0.2, 0) is 0 Å². The van der Waals surface area contributed by atoms with Crippen molar-refractivity contribution >= 4 is 83.0 Å². The number of benzene rings is 6. The van der Waals surface area contributed by atoms with Gasteiger partial charge >= 0.3 is 0 Å². The maximum Gasteiger partial charge on any atom is 0.227 e. The van der Waals surface area contributed by atoms with E-state index >= 15 is 0 Å². The Morgan fingerprint density at radius 3 is 1.79 bits per heavy atom. The average Bonchev–Trinajstić information content (AvgIpc) is 3.90. The molecule has 6 aromatic carbocycles. The second-order valence-corrected chi connectivity index (χ2v) is 13.0. The highest BCUT2D eigenvalue weighted by molar-refractivity contribution is 6.10. The number of hydrogen-bond donors (Lipinski definition) is 0. The van der Waals surface area contributed by atoms with E-state index in [0.717, 1.165) is 99.5 Å². The fourth-order valence-electron chi connectivity index (χ4n) is 7.61. The van der Waals surface area contributed by atoms with Gasteiger partial charge < -0.3 is 18.2 Å². The zero-order valence-electron chi connectivity index (χ0n) is 27.7. The number of pyridine rings is 2. The van der Waals surface area contributed by atoms with Gasteiger partial charge in [-0.1, -0.05) is 78.9 Å². The van der Waals surface area contributed by atoms with Gasteiger partial charge in [0.15, 0.2) is 0 Å². The third-order valence-corrected chi connectivity index (χ3v) is 10.1. The van der Waals surface area contributed by atoms with Crippen molar-refractivity contribution in [2.75, 3.05) is 4.90 Å². The van der Waals surface area contributed by atoms with Gasteiger partial charge in [-0.2, -0.15) is 0 Å². The van der Waals surface area contributed by atoms with E-state index in [1.807, 2.05) is 30.5 Å². The molecule has 0 unspecified atom stereocenters. The Morgan fingerprint density at radius 1 is 0.404 bits per heavy atom. The first-order valence-corrected chi connectivity index (χ1v) is 17.2. The highest BCUT2D eigenvalue weighted by Gasteiger charge is 2.18. The van der Waals surface area contributed by atoms with E-state index in [2.05, 4.69) is 136 Å². The minimum absolute atomic E-state index is 0.645. The minimum atomic E-state index is 0.645. The number of aromatic nitrogens is 2. The Labute approximate surface area is 296 Å². The van der Waals surface area contributed by atoms with Crippen LogP contribution in [0, 0.1) is 0 Å². The monoisotopic (exact) mass is 669 g/mol. The lowest BCUT2D eigenvalue weighted by atomic mass is 10.0. The van der Waals surface area contributed by atoms with Gasteiger partial charge in [0.05, 0.1) is 0 Å². The minimum Gasteiger partial charge on any atom is -0.456 e. The van der Waals surface area contributed by atoms with Crippen molar-refractivity contribution in [3.8, 4) is 22.3 Å². The standard InChI is InChI=1S/C46H27N3O3/c1-2-12-41-35(6-1)39-26-32(21-22-42(39)50-41)49(30-17-13-28(14-18-30)33-7-4-10-37-40-27-47-25-23-43(40)51-44(33)37)31-19-15-29(16-20-31)34-8-3-9-36-38-11-5-24-48-46(38)52-45(34)36/h1-27H. The molecule has 0 aliphatic rings. The summed E-state index contributed by atoms with van der Waals surface area (Å²) in [5.74, 6) is 0. The third-order valence-electron chi connectivity index (χ3n) is 10.1. The van der Waals surface area contributed by atoms with E-state index in [9.17, 15) is 0 Å². The highest BCUT2D eigenvalue weighted by Crippen LogP contribution is 2.42. The Bertz CT molecular complexity index is 2980. The zero-order valence-corrected chi connectivity index (χ0v) is 27.7. The molecular weight excluding hydrogens is 643 g/mol. The summed E-state index contributed by atoms with van der Waals surface area (Å²) in [6.07, 6.45) is 5.40. The third kappa shape index (κ3) is 4.38. The van der Waals surface area contributed by atoms with Crippen LogP contribution in [0.15, 0.2) is 177 Å². The molecule has 52 heavy (non-hydrogen) atoms. The van der Waals surface area contributed by atoms with Crippen LogP contribution < -0.4 is 4.90 Å². The molecule has 0 spiro atoms. The second kappa shape index (κ2) is 11.2. The van der Waals surface area contributed by atoms with E-state index in [-0.39, 0.29) is 0 Å². The highest BCUT2D eigenvalue weighted by atomic mass is 16.3. The molecule has 0 fully saturated rings. The lowest BCUT2D eigenvalue weighted by Crippen LogP contribution is -2.09. The molecule has 0 amide bonds. The van der Waals surface area contributed by atoms with Crippen LogP contribution in [0.5, 0.6) is 0 Å². The van der Waals surface area contributed by atoms with Crippen LogP contribution in [0.1, 0.15) is 0 Å². The molecule has 11 rings (SSSR count). The van der Waals surface area contributed by atoms with Crippen molar-refractivity contribution in [2.45, 2.75) is 0 Å². The molecule has 0 saturated heterocycles. The lowest BCUT2D eigenvalue weighted by molar-refractivity contribution is 0.655. The number of fused-ring (bicyclic) bond motifs is 9. The Kier molecular flexibility index (Phi) is 6.15. The summed E-state index contributed by atoms with van der Waals surface area (Å²) < 4.78 is 18.8. The molecule has 5 aromatic heterocycles. The van der Waals surface area contributed by atoms with Crippen molar-refractivity contribution in [1.29, 1.82) is 0 Å². The predicted molar refractivity (Wildman–Crippen MR) is 209 cm³/mol. The van der Waals surface area contributed by atoms with Crippen molar-refractivity contribution in [3.63, 3.8) is 0 Å². The van der Waals surface area contributed by atoms with Crippen LogP contribution in [0.2, 0.25) is 0 Å². The number of nitrogens with zero attached hydrogens (tertiary/aromatic N) is 3. The number of para-hydroxylation sites is 3. The fourth-order valence-corrected chi connectivity index (χ4v) is 7.61. The smallest absolute Gasteiger partial charge is 0.227 e. The normalized spacial score (nSPS) is 11.8. The lowest BCUT2D eigenvalue weighted by Gasteiger charge is -2.26. The number of anilines is 3. The van der Waals surface area contributed by atoms with E-state index < -0.39 is 0 Å². The Balaban J connectivity index is 1.04. The summed E-state index contributed by atoms with van der Waals surface area (Å²) in [7, 11) is 0. The summed E-state index contributed by atoms with van der Waals surface area (Å²) in [5.41, 5.74) is 12.2. The molecule has 11 aromatic rings. The molecule has 0 bridgehead atoms. The van der Waals surface area contributed by atoms with Gasteiger partial charge in [0.1, 0.15) is 27.9 Å². The molecule has 0 aliphatic carbocycles. The van der Waals surface area contributed by atoms with Crippen LogP contribution >= 0.6 is 0 Å². The van der Waals surface area contributed by atoms with Crippen molar-refractivity contribution in [3.05, 3.63) is 164 Å². The van der Waals surface area contributed by atoms with Crippen LogP contribution in [0.4, 0.5) is 17.1 Å². The molecule has 0 radical (unpaired) electrons. The van der Waals surface area contributed by atoms with Gasteiger partial charge in [-0.3, -0.25) is 4.98 Å². The summed E-state index contributed by atoms with van der Waals surface area (Å²) in [5, 5.41) is 6.31. The molecular formula is C46H27N3O3. The molecule has 0 atom stereocenters. The van der Waals surface area contributed by atoms with E-state index in [1.165, 1.54) is 0 Å². The number of rotatable bonds is 5. The zero-order chi connectivity index (χ0) is 34.2. The van der Waals surface area contributed by atoms with Crippen molar-refractivity contribution < 1.29 is 13.3 Å². The molecule has 0 aliphatic heterocycles. The first kappa shape index (κ1) is 28.6. The maximum atomic E-state index is 6.34. The Morgan fingerprint density at radius 2 is 1.02 bits per heavy atom. The first-order valence-electron chi connectivity index (χ1n) is 17.2. The maximum absolute atomic E-state index is 6.34. The van der Waals surface area contributed by atoms with Gasteiger partial charge in [0.2, 0.25) is 5.71 Å². The van der Waals surface area contributed by atoms with E-state index in [4.69, 9.17) is 13.3 Å². The van der Waals surface area contributed by atoms with Crippen LogP contribution in [-0.4, -0.2) is 9.97 Å². The summed E-state index contributed by atoms with van der Waals surface area (Å²) in [4.78, 5) is 11.1. The van der Waals surface area contributed by atoms with Crippen LogP contribution in [0.3, 0.4) is 0 Å². The SMILES string of the molecule is c1ccc2c(c1)oc1ccc(N(c3ccc(-c4cccc5c4oc4ccncc45)cc3)c3ccc(-c4cccc5c4oc4ncccc45)cc3)cc12. The van der Waals surface area contributed by atoms with E-state index in [1.54, 1.807) is 12.4 Å². The van der Waals surface area contributed by atoms with Gasteiger partial charge in [0, 0.05) is 79.1 Å². The second-order valence-electron chi connectivity index (χ2n) is 13.0.